The lowest BCUT2D eigenvalue weighted by Gasteiger charge is -2.26. The minimum atomic E-state index is -0.225. The largest absolute Gasteiger partial charge is 0.344 e. The quantitative estimate of drug-likeness (QED) is 0.172. The molecule has 0 fully saturated rings. The van der Waals surface area contributed by atoms with Gasteiger partial charge in [-0.15, -0.1) is 0 Å². The molecule has 0 saturated heterocycles. The Balaban J connectivity index is 1.10. The molecular weight excluding hydrogens is 755 g/mol. The Labute approximate surface area is 360 Å². The second-order valence-electron chi connectivity index (χ2n) is 16.1. The van der Waals surface area contributed by atoms with Crippen molar-refractivity contribution in [2.75, 3.05) is 0 Å². The molecule has 2 aliphatic rings. The fourth-order valence-corrected chi connectivity index (χ4v) is 9.58. The highest BCUT2D eigenvalue weighted by Gasteiger charge is 2.26. The van der Waals surface area contributed by atoms with Crippen molar-refractivity contribution in [3.8, 4) is 33.6 Å². The lowest BCUT2D eigenvalue weighted by molar-refractivity contribution is 0.677. The molecule has 294 valence electrons. The molecule has 3 heterocycles. The van der Waals surface area contributed by atoms with Crippen molar-refractivity contribution < 1.29 is 0 Å². The summed E-state index contributed by atoms with van der Waals surface area (Å²) in [5.74, 6) is 1.54. The van der Waals surface area contributed by atoms with Crippen LogP contribution in [0.3, 0.4) is 0 Å². The zero-order valence-corrected chi connectivity index (χ0v) is 34.0. The number of aromatic nitrogens is 2. The molecule has 0 bridgehead atoms. The molecule has 0 radical (unpaired) electrons. The number of nitrogens with one attached hydrogen (secondary N) is 1. The average Bonchev–Trinajstić information content (AvgIpc) is 3.87. The molecule has 1 atom stereocenters. The van der Waals surface area contributed by atoms with E-state index in [0.29, 0.717) is 5.84 Å². The number of allylic oxidation sites excluding steroid dienone is 3. The molecular formula is C57H41N5. The molecule has 1 aliphatic heterocycles. The normalized spacial score (nSPS) is 15.2. The second-order valence-corrected chi connectivity index (χ2v) is 16.1. The zero-order chi connectivity index (χ0) is 41.0. The molecule has 1 aliphatic carbocycles. The predicted molar refractivity (Wildman–Crippen MR) is 259 cm³/mol. The number of para-hydroxylation sites is 2. The Hall–Kier alpha value is -8.02. The lowest BCUT2D eigenvalue weighted by Crippen LogP contribution is -2.40. The van der Waals surface area contributed by atoms with Crippen LogP contribution >= 0.6 is 0 Å². The van der Waals surface area contributed by atoms with E-state index in [4.69, 9.17) is 9.98 Å². The van der Waals surface area contributed by atoms with E-state index < -0.39 is 0 Å². The molecule has 0 amide bonds. The van der Waals surface area contributed by atoms with E-state index in [1.54, 1.807) is 0 Å². The maximum atomic E-state index is 5.37. The summed E-state index contributed by atoms with van der Waals surface area (Å²) in [6, 6.07) is 69.8. The Morgan fingerprint density at radius 3 is 1.95 bits per heavy atom. The molecule has 1 unspecified atom stereocenters. The van der Waals surface area contributed by atoms with Gasteiger partial charge < -0.3 is 14.5 Å². The van der Waals surface area contributed by atoms with Crippen molar-refractivity contribution in [1.29, 1.82) is 0 Å². The number of hydrogen-bond donors (Lipinski definition) is 1. The Morgan fingerprint density at radius 1 is 0.484 bits per heavy atom. The van der Waals surface area contributed by atoms with Crippen LogP contribution in [0.15, 0.2) is 228 Å². The van der Waals surface area contributed by atoms with E-state index in [-0.39, 0.29) is 6.17 Å². The summed E-state index contributed by atoms with van der Waals surface area (Å²) >= 11 is 0. The first-order chi connectivity index (χ1) is 30.8. The monoisotopic (exact) mass is 795 g/mol. The molecule has 62 heavy (non-hydrogen) atoms. The maximum Gasteiger partial charge on any atom is 0.161 e. The first-order valence-corrected chi connectivity index (χ1v) is 21.4. The van der Waals surface area contributed by atoms with Crippen molar-refractivity contribution in [2.45, 2.75) is 19.0 Å². The lowest BCUT2D eigenvalue weighted by atomic mass is 9.98. The van der Waals surface area contributed by atoms with Gasteiger partial charge in [0.05, 0.1) is 27.8 Å². The van der Waals surface area contributed by atoms with Gasteiger partial charge in [-0.25, -0.2) is 9.98 Å². The number of aliphatic imine (C=N–C) groups is 2. The van der Waals surface area contributed by atoms with Crippen LogP contribution < -0.4 is 5.32 Å². The van der Waals surface area contributed by atoms with Crippen LogP contribution in [-0.4, -0.2) is 27.0 Å². The Bertz CT molecular complexity index is 3480. The van der Waals surface area contributed by atoms with Gasteiger partial charge in [-0.1, -0.05) is 170 Å². The van der Waals surface area contributed by atoms with Gasteiger partial charge in [0.25, 0.3) is 0 Å². The highest BCUT2D eigenvalue weighted by atomic mass is 15.2. The van der Waals surface area contributed by atoms with Crippen LogP contribution in [0.5, 0.6) is 0 Å². The van der Waals surface area contributed by atoms with Gasteiger partial charge >= 0.3 is 0 Å². The number of nitrogens with zero attached hydrogens (tertiary/aromatic N) is 4. The molecule has 1 N–H and O–H groups in total. The summed E-state index contributed by atoms with van der Waals surface area (Å²) < 4.78 is 4.88. The number of fused-ring (bicyclic) bond motifs is 6. The minimum Gasteiger partial charge on any atom is -0.344 e. The molecule has 10 aromatic rings. The molecule has 5 heteroatoms. The van der Waals surface area contributed by atoms with Crippen molar-refractivity contribution >= 4 is 55.3 Å². The van der Waals surface area contributed by atoms with Crippen LogP contribution in [0.2, 0.25) is 0 Å². The van der Waals surface area contributed by atoms with Gasteiger partial charge in [-0.3, -0.25) is 0 Å². The third kappa shape index (κ3) is 6.01. The predicted octanol–water partition coefficient (Wildman–Crippen LogP) is 13.6. The first-order valence-electron chi connectivity index (χ1n) is 21.4. The maximum absolute atomic E-state index is 5.37. The summed E-state index contributed by atoms with van der Waals surface area (Å²) in [6.07, 6.45) is 8.30. The topological polar surface area (TPSA) is 46.6 Å². The number of benzene rings is 8. The summed E-state index contributed by atoms with van der Waals surface area (Å²) in [4.78, 5) is 10.7. The third-order valence-corrected chi connectivity index (χ3v) is 12.5. The Morgan fingerprint density at radius 2 is 1.15 bits per heavy atom. The molecule has 8 aromatic carbocycles. The van der Waals surface area contributed by atoms with E-state index in [9.17, 15) is 0 Å². The Kier molecular flexibility index (Phi) is 8.63. The van der Waals surface area contributed by atoms with Gasteiger partial charge in [0.15, 0.2) is 5.84 Å². The summed E-state index contributed by atoms with van der Waals surface area (Å²) in [5.41, 5.74) is 14.8. The number of amidine groups is 2. The number of rotatable bonds is 7. The van der Waals surface area contributed by atoms with Crippen molar-refractivity contribution in [2.24, 2.45) is 9.98 Å². The van der Waals surface area contributed by atoms with Crippen LogP contribution in [-0.2, 0) is 0 Å². The molecule has 0 saturated carbocycles. The van der Waals surface area contributed by atoms with Crippen LogP contribution in [0.1, 0.15) is 24.0 Å². The van der Waals surface area contributed by atoms with Crippen molar-refractivity contribution in [3.63, 3.8) is 0 Å². The van der Waals surface area contributed by atoms with Crippen LogP contribution in [0.25, 0.3) is 77.2 Å². The average molecular weight is 796 g/mol. The number of hydrogen-bond acceptors (Lipinski definition) is 3. The fourth-order valence-electron chi connectivity index (χ4n) is 9.58. The van der Waals surface area contributed by atoms with E-state index in [1.165, 1.54) is 54.9 Å². The molecule has 2 aromatic heterocycles. The van der Waals surface area contributed by atoms with Crippen molar-refractivity contribution in [1.82, 2.24) is 14.5 Å². The highest BCUT2D eigenvalue weighted by Crippen LogP contribution is 2.42. The summed E-state index contributed by atoms with van der Waals surface area (Å²) in [7, 11) is 0. The zero-order valence-electron chi connectivity index (χ0n) is 34.0. The van der Waals surface area contributed by atoms with Gasteiger partial charge in [0, 0.05) is 38.4 Å². The molecule has 0 spiro atoms. The highest BCUT2D eigenvalue weighted by molar-refractivity contribution is 6.18. The fraction of sp³-hybridized carbons (Fsp3) is 0.0526. The van der Waals surface area contributed by atoms with E-state index >= 15 is 0 Å². The van der Waals surface area contributed by atoms with E-state index in [2.05, 4.69) is 221 Å². The van der Waals surface area contributed by atoms with E-state index in [0.717, 1.165) is 57.7 Å². The summed E-state index contributed by atoms with van der Waals surface area (Å²) in [5, 5.41) is 8.53. The smallest absolute Gasteiger partial charge is 0.161 e. The standard InChI is InChI=1S/C57H41N5/c1-5-18-38(19-6-1)42-32-34-47-52(36-42)61(51-31-17-28-44(54(47)51)39-20-7-2-8-21-39)43-33-35-46-45-26-13-15-29-49(45)62(53(46)37-43)50-30-16-14-27-48(50)57-59-55(40-22-9-3-10-23-40)58-56(60-57)41-24-11-4-12-25-41/h1-11,13-24,26-37,56H,12,25H2,(H,58,59,60). The second kappa shape index (κ2) is 14.9. The van der Waals surface area contributed by atoms with Crippen LogP contribution in [0.4, 0.5) is 0 Å². The van der Waals surface area contributed by atoms with Crippen LogP contribution in [0, 0.1) is 0 Å². The third-order valence-electron chi connectivity index (χ3n) is 12.5. The SMILES string of the molecule is C1=CCCC(C2N=C(c3ccccc3-n3c4ccccc4c4ccc(-n5c6cc(-c7ccccc7)ccc6c6c(-c7ccccc7)cccc65)cc43)N=C(c3ccccc3)N2)=C1. The minimum absolute atomic E-state index is 0.225. The molecule has 12 rings (SSSR count). The van der Waals surface area contributed by atoms with Crippen molar-refractivity contribution in [3.05, 3.63) is 229 Å². The van der Waals surface area contributed by atoms with Gasteiger partial charge in [0.1, 0.15) is 12.0 Å². The van der Waals surface area contributed by atoms with Gasteiger partial charge in [-0.2, -0.15) is 0 Å². The van der Waals surface area contributed by atoms with Gasteiger partial charge in [0.2, 0.25) is 0 Å². The van der Waals surface area contributed by atoms with Gasteiger partial charge in [-0.05, 0) is 83.1 Å². The van der Waals surface area contributed by atoms with E-state index in [1.807, 2.05) is 6.07 Å². The summed E-state index contributed by atoms with van der Waals surface area (Å²) in [6.45, 7) is 0. The molecule has 5 nitrogen and oxygen atoms in total. The first kappa shape index (κ1) is 35.9.